The third-order valence-corrected chi connectivity index (χ3v) is 2.62. The van der Waals surface area contributed by atoms with E-state index in [-0.39, 0.29) is 12.4 Å². The highest BCUT2D eigenvalue weighted by atomic mass is 19.1. The molecule has 21 heavy (non-hydrogen) atoms. The maximum absolute atomic E-state index is 13.4. The summed E-state index contributed by atoms with van der Waals surface area (Å²) in [5.41, 5.74) is 8.23. The summed E-state index contributed by atoms with van der Waals surface area (Å²) >= 11 is 0. The largest absolute Gasteiger partial charge is 0.489 e. The summed E-state index contributed by atoms with van der Waals surface area (Å²) in [7, 11) is 0. The van der Waals surface area contributed by atoms with Crippen molar-refractivity contribution < 1.29 is 13.9 Å². The Morgan fingerprint density at radius 3 is 2.62 bits per heavy atom. The average molecular weight is 287 g/mol. The zero-order valence-electron chi connectivity index (χ0n) is 11.1. The maximum atomic E-state index is 13.4. The molecule has 0 aliphatic heterocycles. The molecule has 6 heteroatoms. The summed E-state index contributed by atoms with van der Waals surface area (Å²) in [4.78, 5) is 10.4. The SMILES string of the molecule is NC(=O)N/N=C/c1ccc(OCc2ccccc2F)cc1. The summed E-state index contributed by atoms with van der Waals surface area (Å²) in [5, 5.41) is 3.64. The van der Waals surface area contributed by atoms with Crippen molar-refractivity contribution in [1.29, 1.82) is 0 Å². The molecule has 2 aromatic carbocycles. The van der Waals surface area contributed by atoms with Crippen LogP contribution >= 0.6 is 0 Å². The van der Waals surface area contributed by atoms with E-state index in [1.54, 1.807) is 42.5 Å². The van der Waals surface area contributed by atoms with Gasteiger partial charge in [0.1, 0.15) is 18.2 Å². The fraction of sp³-hybridized carbons (Fsp3) is 0.0667. The first-order chi connectivity index (χ1) is 10.1. The van der Waals surface area contributed by atoms with Gasteiger partial charge in [-0.1, -0.05) is 18.2 Å². The van der Waals surface area contributed by atoms with Gasteiger partial charge in [0.2, 0.25) is 0 Å². The Morgan fingerprint density at radius 2 is 1.95 bits per heavy atom. The van der Waals surface area contributed by atoms with Crippen molar-refractivity contribution in [3.8, 4) is 5.75 Å². The van der Waals surface area contributed by atoms with Gasteiger partial charge in [0.05, 0.1) is 6.21 Å². The number of hydrazone groups is 1. The van der Waals surface area contributed by atoms with Crippen molar-refractivity contribution in [2.45, 2.75) is 6.61 Å². The van der Waals surface area contributed by atoms with Gasteiger partial charge in [-0.05, 0) is 35.9 Å². The third kappa shape index (κ3) is 4.61. The molecule has 2 amide bonds. The summed E-state index contributed by atoms with van der Waals surface area (Å²) < 4.78 is 18.9. The molecule has 0 aliphatic rings. The molecule has 2 aromatic rings. The first-order valence-corrected chi connectivity index (χ1v) is 6.20. The summed E-state index contributed by atoms with van der Waals surface area (Å²) in [5.74, 6) is 0.317. The topological polar surface area (TPSA) is 76.7 Å². The molecule has 0 spiro atoms. The van der Waals surface area contributed by atoms with Crippen LogP contribution in [-0.4, -0.2) is 12.2 Å². The monoisotopic (exact) mass is 287 g/mol. The van der Waals surface area contributed by atoms with E-state index in [4.69, 9.17) is 10.5 Å². The van der Waals surface area contributed by atoms with Crippen molar-refractivity contribution in [2.75, 3.05) is 0 Å². The van der Waals surface area contributed by atoms with Gasteiger partial charge in [0, 0.05) is 5.56 Å². The second-order valence-corrected chi connectivity index (χ2v) is 4.18. The first kappa shape index (κ1) is 14.5. The number of hydrogen-bond acceptors (Lipinski definition) is 3. The minimum Gasteiger partial charge on any atom is -0.489 e. The predicted molar refractivity (Wildman–Crippen MR) is 77.5 cm³/mol. The number of rotatable bonds is 5. The number of urea groups is 1. The highest BCUT2D eigenvalue weighted by Crippen LogP contribution is 2.14. The predicted octanol–water partition coefficient (Wildman–Crippen LogP) is 2.41. The van der Waals surface area contributed by atoms with Crippen LogP contribution in [-0.2, 0) is 6.61 Å². The lowest BCUT2D eigenvalue weighted by Crippen LogP contribution is -2.24. The van der Waals surface area contributed by atoms with E-state index < -0.39 is 6.03 Å². The fourth-order valence-electron chi connectivity index (χ4n) is 1.60. The van der Waals surface area contributed by atoms with Crippen LogP contribution in [0.1, 0.15) is 11.1 Å². The van der Waals surface area contributed by atoms with E-state index >= 15 is 0 Å². The molecule has 5 nitrogen and oxygen atoms in total. The normalized spacial score (nSPS) is 10.5. The van der Waals surface area contributed by atoms with Crippen LogP contribution in [0.3, 0.4) is 0 Å². The van der Waals surface area contributed by atoms with Crippen molar-refractivity contribution in [1.82, 2.24) is 5.43 Å². The van der Waals surface area contributed by atoms with E-state index in [0.717, 1.165) is 5.56 Å². The minimum absolute atomic E-state index is 0.156. The molecular weight excluding hydrogens is 273 g/mol. The van der Waals surface area contributed by atoms with Crippen molar-refractivity contribution in [3.63, 3.8) is 0 Å². The van der Waals surface area contributed by atoms with Gasteiger partial charge in [0.25, 0.3) is 0 Å². The fourth-order valence-corrected chi connectivity index (χ4v) is 1.60. The van der Waals surface area contributed by atoms with Crippen LogP contribution in [0.4, 0.5) is 9.18 Å². The molecule has 108 valence electrons. The molecule has 0 radical (unpaired) electrons. The average Bonchev–Trinajstić information content (AvgIpc) is 2.47. The van der Waals surface area contributed by atoms with Gasteiger partial charge in [-0.2, -0.15) is 5.10 Å². The van der Waals surface area contributed by atoms with Gasteiger partial charge in [0.15, 0.2) is 0 Å². The number of hydrogen-bond donors (Lipinski definition) is 2. The van der Waals surface area contributed by atoms with E-state index in [2.05, 4.69) is 10.5 Å². The lowest BCUT2D eigenvalue weighted by molar-refractivity contribution is 0.249. The Kier molecular flexibility index (Phi) is 4.87. The number of benzene rings is 2. The molecule has 0 bridgehead atoms. The second-order valence-electron chi connectivity index (χ2n) is 4.18. The van der Waals surface area contributed by atoms with E-state index in [9.17, 15) is 9.18 Å². The number of nitrogens with one attached hydrogen (secondary N) is 1. The third-order valence-electron chi connectivity index (χ3n) is 2.62. The van der Waals surface area contributed by atoms with Crippen LogP contribution in [0.5, 0.6) is 5.75 Å². The maximum Gasteiger partial charge on any atom is 0.332 e. The highest BCUT2D eigenvalue weighted by molar-refractivity contribution is 5.81. The molecule has 0 saturated heterocycles. The summed E-state index contributed by atoms with van der Waals surface area (Å²) in [6.45, 7) is 0.156. The Balaban J connectivity index is 1.92. The van der Waals surface area contributed by atoms with Crippen LogP contribution in [0, 0.1) is 5.82 Å². The molecule has 0 aliphatic carbocycles. The van der Waals surface area contributed by atoms with Crippen molar-refractivity contribution in [2.24, 2.45) is 10.8 Å². The van der Waals surface area contributed by atoms with E-state index in [1.165, 1.54) is 12.3 Å². The lowest BCUT2D eigenvalue weighted by atomic mass is 10.2. The van der Waals surface area contributed by atoms with Gasteiger partial charge in [-0.15, -0.1) is 0 Å². The zero-order chi connectivity index (χ0) is 15.1. The molecule has 0 atom stereocenters. The van der Waals surface area contributed by atoms with Gasteiger partial charge < -0.3 is 10.5 Å². The lowest BCUT2D eigenvalue weighted by Gasteiger charge is -2.07. The smallest absolute Gasteiger partial charge is 0.332 e. The Bertz CT molecular complexity index is 642. The number of ether oxygens (including phenoxy) is 1. The van der Waals surface area contributed by atoms with Gasteiger partial charge >= 0.3 is 6.03 Å². The van der Waals surface area contributed by atoms with Crippen molar-refractivity contribution >= 4 is 12.2 Å². The second kappa shape index (κ2) is 7.04. The standard InChI is InChI=1S/C15H14FN3O2/c16-14-4-2-1-3-12(14)10-21-13-7-5-11(6-8-13)9-18-19-15(17)20/h1-9H,10H2,(H3,17,19,20)/b18-9+. The van der Waals surface area contributed by atoms with Crippen LogP contribution < -0.4 is 15.9 Å². The number of halogens is 1. The van der Waals surface area contributed by atoms with E-state index in [1.807, 2.05) is 0 Å². The number of primary amides is 1. The summed E-state index contributed by atoms with van der Waals surface area (Å²) in [6, 6.07) is 12.7. The van der Waals surface area contributed by atoms with Crippen LogP contribution in [0.15, 0.2) is 53.6 Å². The van der Waals surface area contributed by atoms with Crippen molar-refractivity contribution in [3.05, 3.63) is 65.5 Å². The molecule has 3 N–H and O–H groups in total. The zero-order valence-corrected chi connectivity index (χ0v) is 11.1. The number of nitrogens with zero attached hydrogens (tertiary/aromatic N) is 1. The van der Waals surface area contributed by atoms with Gasteiger partial charge in [-0.25, -0.2) is 14.6 Å². The van der Waals surface area contributed by atoms with Crippen LogP contribution in [0.25, 0.3) is 0 Å². The Labute approximate surface area is 121 Å². The molecule has 0 unspecified atom stereocenters. The van der Waals surface area contributed by atoms with Gasteiger partial charge in [-0.3, -0.25) is 0 Å². The van der Waals surface area contributed by atoms with Crippen LogP contribution in [0.2, 0.25) is 0 Å². The molecule has 0 fully saturated rings. The number of carbonyl (C=O) groups is 1. The van der Waals surface area contributed by atoms with E-state index in [0.29, 0.717) is 11.3 Å². The molecule has 0 heterocycles. The number of carbonyl (C=O) groups excluding carboxylic acids is 1. The number of nitrogens with two attached hydrogens (primary N) is 1. The molecular formula is C15H14FN3O2. The molecule has 2 rings (SSSR count). The quantitative estimate of drug-likeness (QED) is 0.654. The Hall–Kier alpha value is -2.89. The molecule has 0 aromatic heterocycles. The highest BCUT2D eigenvalue weighted by Gasteiger charge is 2.01. The Morgan fingerprint density at radius 1 is 1.24 bits per heavy atom. The molecule has 0 saturated carbocycles. The first-order valence-electron chi connectivity index (χ1n) is 6.20. The number of amides is 2. The summed E-state index contributed by atoms with van der Waals surface area (Å²) in [6.07, 6.45) is 1.45. The minimum atomic E-state index is -0.726.